The summed E-state index contributed by atoms with van der Waals surface area (Å²) in [7, 11) is 0. The standard InChI is InChI=1S/C28H35N5O3S/c1-19-29-24-15-23(9-10-25(24)37-19)35-18-22(34)16-32-11-13-33(14-12-32)17-26-30-27(31-36-26)20-5-7-21(8-6-20)28(2,3)4/h5-10,15,22,34H,11-14,16-18H2,1-4H3/t22-/m0/s1. The Morgan fingerprint density at radius 1 is 1.03 bits per heavy atom. The molecule has 1 aliphatic heterocycles. The number of piperazine rings is 1. The number of fused-ring (bicyclic) bond motifs is 1. The zero-order valence-electron chi connectivity index (χ0n) is 22.0. The molecule has 8 nitrogen and oxygen atoms in total. The number of nitrogens with zero attached hydrogens (tertiary/aromatic N) is 5. The highest BCUT2D eigenvalue weighted by Gasteiger charge is 2.22. The molecule has 0 unspecified atom stereocenters. The summed E-state index contributed by atoms with van der Waals surface area (Å²) in [6.07, 6.45) is -0.553. The number of aryl methyl sites for hydroxylation is 1. The topological polar surface area (TPSA) is 87.8 Å². The molecule has 4 aromatic rings. The van der Waals surface area contributed by atoms with E-state index in [4.69, 9.17) is 9.26 Å². The minimum atomic E-state index is -0.553. The van der Waals surface area contributed by atoms with Crippen molar-refractivity contribution in [2.75, 3.05) is 39.3 Å². The molecular weight excluding hydrogens is 486 g/mol. The summed E-state index contributed by atoms with van der Waals surface area (Å²) in [5.41, 5.74) is 3.30. The van der Waals surface area contributed by atoms with E-state index in [0.29, 0.717) is 24.8 Å². The third-order valence-electron chi connectivity index (χ3n) is 6.68. The second kappa shape index (κ2) is 10.9. The molecule has 1 fully saturated rings. The Kier molecular flexibility index (Phi) is 7.57. The summed E-state index contributed by atoms with van der Waals surface area (Å²) in [6, 6.07) is 14.3. The molecule has 0 saturated carbocycles. The van der Waals surface area contributed by atoms with Crippen molar-refractivity contribution in [3.05, 3.63) is 58.9 Å². The van der Waals surface area contributed by atoms with Crippen molar-refractivity contribution in [1.82, 2.24) is 24.9 Å². The highest BCUT2D eigenvalue weighted by atomic mass is 32.1. The number of hydrogen-bond donors (Lipinski definition) is 1. The van der Waals surface area contributed by atoms with Gasteiger partial charge in [-0.25, -0.2) is 4.98 Å². The predicted molar refractivity (Wildman–Crippen MR) is 146 cm³/mol. The van der Waals surface area contributed by atoms with E-state index < -0.39 is 6.10 Å². The van der Waals surface area contributed by atoms with Gasteiger partial charge in [-0.1, -0.05) is 50.2 Å². The second-order valence-corrected chi connectivity index (χ2v) is 12.0. The molecule has 0 spiro atoms. The first-order chi connectivity index (χ1) is 17.7. The van der Waals surface area contributed by atoms with Crippen LogP contribution in [0.15, 0.2) is 47.0 Å². The van der Waals surface area contributed by atoms with Gasteiger partial charge in [-0.05, 0) is 30.0 Å². The van der Waals surface area contributed by atoms with Crippen LogP contribution in [0.4, 0.5) is 0 Å². The van der Waals surface area contributed by atoms with Crippen molar-refractivity contribution in [3.8, 4) is 17.1 Å². The lowest BCUT2D eigenvalue weighted by molar-refractivity contribution is 0.0426. The Morgan fingerprint density at radius 2 is 1.76 bits per heavy atom. The SMILES string of the molecule is Cc1nc2cc(OC[C@@H](O)CN3CCN(Cc4nc(-c5ccc(C(C)(C)C)cc5)no4)CC3)ccc2s1. The molecule has 0 bridgehead atoms. The van der Waals surface area contributed by atoms with E-state index in [9.17, 15) is 5.11 Å². The number of ether oxygens (including phenoxy) is 1. The molecule has 2 aromatic heterocycles. The molecule has 2 aromatic carbocycles. The Balaban J connectivity index is 1.06. The van der Waals surface area contributed by atoms with Crippen LogP contribution < -0.4 is 4.74 Å². The second-order valence-electron chi connectivity index (χ2n) is 10.7. The molecule has 1 aliphatic rings. The lowest BCUT2D eigenvalue weighted by Gasteiger charge is -2.34. The first kappa shape index (κ1) is 25.8. The lowest BCUT2D eigenvalue weighted by Crippen LogP contribution is -2.48. The minimum Gasteiger partial charge on any atom is -0.491 e. The molecular formula is C28H35N5O3S. The van der Waals surface area contributed by atoms with E-state index in [1.807, 2.05) is 25.1 Å². The fourth-order valence-electron chi connectivity index (χ4n) is 4.53. The van der Waals surface area contributed by atoms with Crippen molar-refractivity contribution in [1.29, 1.82) is 0 Å². The molecule has 3 heterocycles. The monoisotopic (exact) mass is 521 g/mol. The highest BCUT2D eigenvalue weighted by Crippen LogP contribution is 2.26. The number of benzene rings is 2. The molecule has 0 aliphatic carbocycles. The summed E-state index contributed by atoms with van der Waals surface area (Å²) >= 11 is 1.67. The summed E-state index contributed by atoms with van der Waals surface area (Å²) in [6.45, 7) is 13.6. The normalized spacial score (nSPS) is 16.4. The number of β-amino-alcohol motifs (C(OH)–C–C–N with tert-alkyl or cyclic N) is 1. The largest absolute Gasteiger partial charge is 0.491 e. The van der Waals surface area contributed by atoms with Gasteiger partial charge in [-0.15, -0.1) is 11.3 Å². The summed E-state index contributed by atoms with van der Waals surface area (Å²) in [5.74, 6) is 2.00. The highest BCUT2D eigenvalue weighted by molar-refractivity contribution is 7.18. The van der Waals surface area contributed by atoms with Gasteiger partial charge in [0.25, 0.3) is 0 Å². The summed E-state index contributed by atoms with van der Waals surface area (Å²) in [4.78, 5) is 13.7. The van der Waals surface area contributed by atoms with Gasteiger partial charge in [0.15, 0.2) is 0 Å². The Labute approximate surface area is 221 Å². The van der Waals surface area contributed by atoms with Crippen molar-refractivity contribution in [3.63, 3.8) is 0 Å². The van der Waals surface area contributed by atoms with Crippen LogP contribution in [-0.2, 0) is 12.0 Å². The Bertz CT molecular complexity index is 1320. The van der Waals surface area contributed by atoms with E-state index in [1.165, 1.54) is 5.56 Å². The summed E-state index contributed by atoms with van der Waals surface area (Å²) in [5, 5.41) is 15.8. The lowest BCUT2D eigenvalue weighted by atomic mass is 9.87. The number of aliphatic hydroxyl groups is 1. The van der Waals surface area contributed by atoms with Crippen LogP contribution >= 0.6 is 11.3 Å². The van der Waals surface area contributed by atoms with Crippen LogP contribution in [0.1, 0.15) is 37.2 Å². The molecule has 37 heavy (non-hydrogen) atoms. The Hall–Kier alpha value is -2.85. The zero-order valence-corrected chi connectivity index (χ0v) is 22.8. The number of aliphatic hydroxyl groups excluding tert-OH is 1. The number of aromatic nitrogens is 3. The van der Waals surface area contributed by atoms with E-state index in [0.717, 1.165) is 52.7 Å². The van der Waals surface area contributed by atoms with E-state index in [-0.39, 0.29) is 12.0 Å². The van der Waals surface area contributed by atoms with Crippen molar-refractivity contribution in [2.24, 2.45) is 0 Å². The first-order valence-corrected chi connectivity index (χ1v) is 13.6. The average Bonchev–Trinajstić information content (AvgIpc) is 3.49. The molecule has 0 radical (unpaired) electrons. The van der Waals surface area contributed by atoms with Crippen molar-refractivity contribution < 1.29 is 14.4 Å². The van der Waals surface area contributed by atoms with Gasteiger partial charge in [0.05, 0.1) is 21.8 Å². The Morgan fingerprint density at radius 3 is 2.49 bits per heavy atom. The van der Waals surface area contributed by atoms with Crippen LogP contribution in [0.5, 0.6) is 5.75 Å². The fraction of sp³-hybridized carbons (Fsp3) is 0.464. The molecule has 5 rings (SSSR count). The van der Waals surface area contributed by atoms with Gasteiger partial charge in [-0.2, -0.15) is 4.98 Å². The van der Waals surface area contributed by atoms with Gasteiger partial charge in [0.2, 0.25) is 11.7 Å². The van der Waals surface area contributed by atoms with Gasteiger partial charge >= 0.3 is 0 Å². The van der Waals surface area contributed by atoms with Crippen LogP contribution in [0, 0.1) is 6.92 Å². The third-order valence-corrected chi connectivity index (χ3v) is 7.63. The number of hydrogen-bond acceptors (Lipinski definition) is 9. The smallest absolute Gasteiger partial charge is 0.241 e. The van der Waals surface area contributed by atoms with Gasteiger partial charge in [-0.3, -0.25) is 9.80 Å². The third kappa shape index (κ3) is 6.54. The van der Waals surface area contributed by atoms with E-state index >= 15 is 0 Å². The van der Waals surface area contributed by atoms with Gasteiger partial charge in [0.1, 0.15) is 18.5 Å². The molecule has 9 heteroatoms. The van der Waals surface area contributed by atoms with Crippen LogP contribution in [-0.4, -0.2) is 75.5 Å². The molecule has 0 amide bonds. The molecule has 1 saturated heterocycles. The first-order valence-electron chi connectivity index (χ1n) is 12.8. The van der Waals surface area contributed by atoms with Crippen LogP contribution in [0.3, 0.4) is 0 Å². The quantitative estimate of drug-likeness (QED) is 0.362. The zero-order chi connectivity index (χ0) is 26.0. The molecule has 1 atom stereocenters. The van der Waals surface area contributed by atoms with Crippen molar-refractivity contribution in [2.45, 2.75) is 45.8 Å². The predicted octanol–water partition coefficient (Wildman–Crippen LogP) is 4.51. The molecule has 196 valence electrons. The maximum Gasteiger partial charge on any atom is 0.241 e. The number of thiazole rings is 1. The van der Waals surface area contributed by atoms with E-state index in [1.54, 1.807) is 11.3 Å². The van der Waals surface area contributed by atoms with Crippen molar-refractivity contribution >= 4 is 21.6 Å². The fourth-order valence-corrected chi connectivity index (χ4v) is 5.34. The van der Waals surface area contributed by atoms with Crippen LogP contribution in [0.2, 0.25) is 0 Å². The minimum absolute atomic E-state index is 0.113. The van der Waals surface area contributed by atoms with Gasteiger partial charge < -0.3 is 14.4 Å². The average molecular weight is 522 g/mol. The maximum absolute atomic E-state index is 10.5. The van der Waals surface area contributed by atoms with Gasteiger partial charge in [0, 0.05) is 44.4 Å². The van der Waals surface area contributed by atoms with E-state index in [2.05, 4.69) is 70.0 Å². The molecule has 1 N–H and O–H groups in total. The number of rotatable bonds is 8. The maximum atomic E-state index is 10.5. The van der Waals surface area contributed by atoms with Crippen LogP contribution in [0.25, 0.3) is 21.6 Å². The summed E-state index contributed by atoms with van der Waals surface area (Å²) < 4.78 is 12.5.